The van der Waals surface area contributed by atoms with Gasteiger partial charge >= 0.3 is 0 Å². The van der Waals surface area contributed by atoms with Crippen LogP contribution in [-0.4, -0.2) is 4.70 Å². The molecule has 1 aliphatic rings. The molecule has 292 valence electrons. The van der Waals surface area contributed by atoms with E-state index >= 15 is 0 Å². The fourth-order valence-corrected chi connectivity index (χ4v) is 7.90. The summed E-state index contributed by atoms with van der Waals surface area (Å²) in [5.74, 6) is 6.96. The Morgan fingerprint density at radius 2 is 1.00 bits per heavy atom. The monoisotopic (exact) mass is 719 g/mol. The first-order chi connectivity index (χ1) is 26.2. The number of hydrogen-bond acceptors (Lipinski definition) is 0. The van der Waals surface area contributed by atoms with E-state index in [0.717, 1.165) is 61.0 Å². The molecule has 2 nitrogen and oxygen atoms in total. The van der Waals surface area contributed by atoms with Crippen LogP contribution in [0.5, 0.6) is 0 Å². The molecular formula is C51H78N2. The number of allylic oxidation sites excluding steroid dienone is 2. The van der Waals surface area contributed by atoms with E-state index in [1.165, 1.54) is 175 Å². The second-order valence-corrected chi connectivity index (χ2v) is 16.0. The number of rotatable bonds is 31. The van der Waals surface area contributed by atoms with Crippen LogP contribution in [0.15, 0.2) is 60.2 Å². The third-order valence-corrected chi connectivity index (χ3v) is 11.2. The molecule has 0 saturated heterocycles. The van der Waals surface area contributed by atoms with Gasteiger partial charge in [0.15, 0.2) is 0 Å². The van der Waals surface area contributed by atoms with Crippen LogP contribution in [0, 0.1) is 11.8 Å². The van der Waals surface area contributed by atoms with E-state index in [9.17, 15) is 5.53 Å². The molecule has 0 aliphatic carbocycles. The highest BCUT2D eigenvalue weighted by Gasteiger charge is 2.30. The minimum atomic E-state index is 0.861. The molecule has 0 atom stereocenters. The van der Waals surface area contributed by atoms with Crippen molar-refractivity contribution in [3.8, 4) is 11.8 Å². The SMILES string of the molecule is CCCCCCCCCCCCCCCCCCCCC#CCCc1ccccc1C1=C(CCCCC)C=C(c2cccc(CCCCCC)c2)[N+]1=[N-]. The molecule has 1 heterocycles. The highest BCUT2D eigenvalue weighted by molar-refractivity contribution is 5.79. The van der Waals surface area contributed by atoms with Gasteiger partial charge < -0.3 is 5.53 Å². The number of aryl methyl sites for hydroxylation is 2. The van der Waals surface area contributed by atoms with Crippen LogP contribution < -0.4 is 0 Å². The predicted molar refractivity (Wildman–Crippen MR) is 233 cm³/mol. The first-order valence-corrected chi connectivity index (χ1v) is 22.8. The van der Waals surface area contributed by atoms with Gasteiger partial charge in [0.2, 0.25) is 11.4 Å². The van der Waals surface area contributed by atoms with Gasteiger partial charge in [-0.1, -0.05) is 192 Å². The zero-order valence-electron chi connectivity index (χ0n) is 34.8. The largest absolute Gasteiger partial charge is 0.493 e. The van der Waals surface area contributed by atoms with E-state index in [1.54, 1.807) is 0 Å². The number of unbranched alkanes of at least 4 members (excludes halogenated alkanes) is 23. The molecule has 53 heavy (non-hydrogen) atoms. The lowest BCUT2D eigenvalue weighted by molar-refractivity contribution is -0.344. The van der Waals surface area contributed by atoms with Crippen molar-refractivity contribution in [2.75, 3.05) is 0 Å². The van der Waals surface area contributed by atoms with Crippen molar-refractivity contribution in [1.29, 1.82) is 0 Å². The van der Waals surface area contributed by atoms with Crippen LogP contribution in [0.25, 0.3) is 16.9 Å². The summed E-state index contributed by atoms with van der Waals surface area (Å²) < 4.78 is 1.49. The standard InChI is InChI=1S/C51H78N2/c1-4-7-10-12-13-14-15-16-17-18-19-20-21-22-23-24-25-26-27-28-29-32-38-46-39-33-34-42-49(46)51-48(40-30-9-6-3)44-50(53(51)52)47-41-35-37-45(43-47)36-31-11-8-5-2/h33-35,37,39,41-44H,4-27,30-32,36,38,40H2,1-3H3. The maximum absolute atomic E-state index is 11.8. The van der Waals surface area contributed by atoms with Gasteiger partial charge in [-0.05, 0) is 67.9 Å². The lowest BCUT2D eigenvalue weighted by atomic mass is 9.96. The zero-order valence-corrected chi connectivity index (χ0v) is 34.8. The van der Waals surface area contributed by atoms with Gasteiger partial charge in [0.05, 0.1) is 0 Å². The molecule has 0 bridgehead atoms. The van der Waals surface area contributed by atoms with Crippen molar-refractivity contribution < 1.29 is 4.70 Å². The summed E-state index contributed by atoms with van der Waals surface area (Å²) >= 11 is 0. The van der Waals surface area contributed by atoms with Crippen LogP contribution in [0.4, 0.5) is 0 Å². The van der Waals surface area contributed by atoms with E-state index in [2.05, 4.69) is 87.2 Å². The molecule has 0 fully saturated rings. The van der Waals surface area contributed by atoms with Crippen LogP contribution in [0.3, 0.4) is 0 Å². The molecule has 3 rings (SSSR count). The third-order valence-electron chi connectivity index (χ3n) is 11.2. The molecule has 0 amide bonds. The molecule has 0 aromatic heterocycles. The van der Waals surface area contributed by atoms with Crippen LogP contribution in [0.1, 0.15) is 223 Å². The summed E-state index contributed by atoms with van der Waals surface area (Å²) in [6.45, 7) is 6.82. The van der Waals surface area contributed by atoms with Crippen LogP contribution in [0.2, 0.25) is 0 Å². The predicted octanol–water partition coefficient (Wildman–Crippen LogP) is 16.6. The molecule has 0 N–H and O–H groups in total. The van der Waals surface area contributed by atoms with E-state index in [4.69, 9.17) is 0 Å². The van der Waals surface area contributed by atoms with E-state index in [0.29, 0.717) is 0 Å². The van der Waals surface area contributed by atoms with Crippen molar-refractivity contribution in [2.24, 2.45) is 0 Å². The second kappa shape index (κ2) is 29.4. The summed E-state index contributed by atoms with van der Waals surface area (Å²) in [6, 6.07) is 17.5. The summed E-state index contributed by atoms with van der Waals surface area (Å²) in [6.07, 6.45) is 41.1. The number of hydrogen-bond donors (Lipinski definition) is 0. The summed E-state index contributed by atoms with van der Waals surface area (Å²) in [5, 5.41) is 0. The Labute approximate surface area is 328 Å². The molecule has 0 spiro atoms. The summed E-state index contributed by atoms with van der Waals surface area (Å²) in [5.41, 5.74) is 19.8. The zero-order chi connectivity index (χ0) is 37.6. The van der Waals surface area contributed by atoms with E-state index in [1.807, 2.05) is 0 Å². The minimum Gasteiger partial charge on any atom is -0.493 e. The average molecular weight is 719 g/mol. The number of benzene rings is 2. The minimum absolute atomic E-state index is 0.861. The van der Waals surface area contributed by atoms with Gasteiger partial charge in [-0.2, -0.15) is 0 Å². The number of nitrogens with zero attached hydrogens (tertiary/aromatic N) is 2. The lowest BCUT2D eigenvalue weighted by Crippen LogP contribution is -2.05. The Hall–Kier alpha value is -2.92. The van der Waals surface area contributed by atoms with Gasteiger partial charge in [-0.25, -0.2) is 4.70 Å². The highest BCUT2D eigenvalue weighted by Crippen LogP contribution is 2.39. The average Bonchev–Trinajstić information content (AvgIpc) is 3.51. The Kier molecular flexibility index (Phi) is 24.7. The van der Waals surface area contributed by atoms with Gasteiger partial charge in [-0.15, -0.1) is 11.8 Å². The Morgan fingerprint density at radius 3 is 1.62 bits per heavy atom. The van der Waals surface area contributed by atoms with Crippen molar-refractivity contribution in [3.05, 3.63) is 88.0 Å². The lowest BCUT2D eigenvalue weighted by Gasteiger charge is -2.13. The van der Waals surface area contributed by atoms with Crippen LogP contribution in [-0.2, 0) is 12.8 Å². The summed E-state index contributed by atoms with van der Waals surface area (Å²) in [7, 11) is 0. The second-order valence-electron chi connectivity index (χ2n) is 16.0. The smallest absolute Gasteiger partial charge is 0.211 e. The van der Waals surface area contributed by atoms with Crippen molar-refractivity contribution in [2.45, 2.75) is 213 Å². The maximum Gasteiger partial charge on any atom is 0.211 e. The Bertz CT molecular complexity index is 1400. The van der Waals surface area contributed by atoms with Crippen molar-refractivity contribution in [1.82, 2.24) is 0 Å². The fourth-order valence-electron chi connectivity index (χ4n) is 7.90. The van der Waals surface area contributed by atoms with Crippen LogP contribution >= 0.6 is 0 Å². The molecule has 2 heteroatoms. The quantitative estimate of drug-likeness (QED) is 0.0421. The molecule has 2 aromatic rings. The van der Waals surface area contributed by atoms with E-state index < -0.39 is 0 Å². The van der Waals surface area contributed by atoms with Crippen molar-refractivity contribution >= 4 is 11.4 Å². The Balaban J connectivity index is 1.37. The first-order valence-electron chi connectivity index (χ1n) is 22.8. The van der Waals surface area contributed by atoms with Gasteiger partial charge in [0.1, 0.15) is 0 Å². The summed E-state index contributed by atoms with van der Waals surface area (Å²) in [4.78, 5) is 0. The third kappa shape index (κ3) is 18.3. The molecular weight excluding hydrogens is 641 g/mol. The Morgan fingerprint density at radius 1 is 0.491 bits per heavy atom. The molecule has 0 radical (unpaired) electrons. The highest BCUT2D eigenvalue weighted by atomic mass is 15.2. The molecule has 0 unspecified atom stereocenters. The van der Waals surface area contributed by atoms with Gasteiger partial charge in [0.25, 0.3) is 0 Å². The van der Waals surface area contributed by atoms with Crippen molar-refractivity contribution in [3.63, 3.8) is 0 Å². The van der Waals surface area contributed by atoms with E-state index in [-0.39, 0.29) is 0 Å². The fraction of sp³-hybridized carbons (Fsp3) is 0.647. The topological polar surface area (TPSA) is 25.3 Å². The molecule has 2 aromatic carbocycles. The normalized spacial score (nSPS) is 12.7. The molecule has 0 saturated carbocycles. The maximum atomic E-state index is 11.8. The molecule has 1 aliphatic heterocycles. The first kappa shape index (κ1) is 44.5. The van der Waals surface area contributed by atoms with Gasteiger partial charge in [-0.3, -0.25) is 0 Å². The van der Waals surface area contributed by atoms with Gasteiger partial charge in [0, 0.05) is 35.6 Å².